The minimum atomic E-state index is -0.371. The van der Waals surface area contributed by atoms with Gasteiger partial charge in [-0.3, -0.25) is 0 Å². The van der Waals surface area contributed by atoms with E-state index in [9.17, 15) is 10.1 Å². The first-order valence-electron chi connectivity index (χ1n) is 5.49. The van der Waals surface area contributed by atoms with Crippen molar-refractivity contribution in [1.29, 1.82) is 10.5 Å². The smallest absolute Gasteiger partial charge is 0.123 e. The lowest BCUT2D eigenvalue weighted by atomic mass is 9.67. The van der Waals surface area contributed by atoms with Gasteiger partial charge >= 0.3 is 0 Å². The molecule has 0 heterocycles. The molecule has 2 aliphatic rings. The zero-order valence-electron chi connectivity index (χ0n) is 8.65. The first-order chi connectivity index (χ1) is 7.25. The summed E-state index contributed by atoms with van der Waals surface area (Å²) >= 11 is 0. The van der Waals surface area contributed by atoms with E-state index in [0.717, 1.165) is 25.5 Å². The van der Waals surface area contributed by atoms with E-state index in [1.165, 1.54) is 0 Å². The van der Waals surface area contributed by atoms with Crippen molar-refractivity contribution in [2.24, 2.45) is 23.2 Å². The fourth-order valence-electron chi connectivity index (χ4n) is 3.55. The molecule has 2 aliphatic carbocycles. The van der Waals surface area contributed by atoms with Crippen molar-refractivity contribution in [3.63, 3.8) is 0 Å². The number of fused-ring (bicyclic) bond motifs is 2. The molecule has 0 amide bonds. The molecule has 0 spiro atoms. The summed E-state index contributed by atoms with van der Waals surface area (Å²) in [5.74, 6) is 0.837. The van der Waals surface area contributed by atoms with Crippen LogP contribution in [-0.2, 0) is 4.79 Å². The molecule has 4 atom stereocenters. The van der Waals surface area contributed by atoms with Crippen LogP contribution in [0.3, 0.4) is 0 Å². The third-order valence-corrected chi connectivity index (χ3v) is 4.15. The van der Waals surface area contributed by atoms with Crippen molar-refractivity contribution in [3.05, 3.63) is 0 Å². The Morgan fingerprint density at radius 3 is 2.73 bits per heavy atom. The topological polar surface area (TPSA) is 64.7 Å². The highest BCUT2D eigenvalue weighted by Gasteiger charge is 2.55. The Balaban J connectivity index is 2.18. The zero-order valence-corrected chi connectivity index (χ0v) is 8.65. The van der Waals surface area contributed by atoms with Gasteiger partial charge in [-0.05, 0) is 37.5 Å². The summed E-state index contributed by atoms with van der Waals surface area (Å²) < 4.78 is 0. The van der Waals surface area contributed by atoms with Gasteiger partial charge in [-0.15, -0.1) is 0 Å². The first kappa shape index (κ1) is 10.2. The number of carbonyl (C=O) groups is 1. The maximum atomic E-state index is 10.9. The molecule has 2 saturated carbocycles. The van der Waals surface area contributed by atoms with Crippen molar-refractivity contribution in [2.75, 3.05) is 0 Å². The molecule has 78 valence electrons. The molecular formula is C12H14N2O. The number of aldehydes is 1. The highest BCUT2D eigenvalue weighted by atomic mass is 16.1. The van der Waals surface area contributed by atoms with Crippen LogP contribution in [0.5, 0.6) is 0 Å². The third kappa shape index (κ3) is 1.43. The quantitative estimate of drug-likeness (QED) is 0.658. The van der Waals surface area contributed by atoms with Crippen molar-refractivity contribution in [1.82, 2.24) is 0 Å². The summed E-state index contributed by atoms with van der Waals surface area (Å²) in [5, 5.41) is 17.9. The van der Waals surface area contributed by atoms with E-state index in [0.29, 0.717) is 18.8 Å². The Labute approximate surface area is 89.7 Å². The lowest BCUT2D eigenvalue weighted by molar-refractivity contribution is -0.113. The molecule has 0 saturated heterocycles. The third-order valence-electron chi connectivity index (χ3n) is 4.15. The van der Waals surface area contributed by atoms with Gasteiger partial charge in [0, 0.05) is 12.3 Å². The van der Waals surface area contributed by atoms with Gasteiger partial charge in [0.1, 0.15) is 6.29 Å². The van der Waals surface area contributed by atoms with Gasteiger partial charge in [-0.1, -0.05) is 0 Å². The lowest BCUT2D eigenvalue weighted by Gasteiger charge is -2.33. The van der Waals surface area contributed by atoms with Gasteiger partial charge in [0.2, 0.25) is 0 Å². The summed E-state index contributed by atoms with van der Waals surface area (Å²) in [5.41, 5.74) is -0.371. The van der Waals surface area contributed by atoms with Gasteiger partial charge < -0.3 is 4.79 Å². The molecule has 0 aromatic carbocycles. The van der Waals surface area contributed by atoms with E-state index in [1.54, 1.807) is 0 Å². The van der Waals surface area contributed by atoms with E-state index < -0.39 is 0 Å². The van der Waals surface area contributed by atoms with Crippen molar-refractivity contribution in [2.45, 2.75) is 32.1 Å². The lowest BCUT2D eigenvalue weighted by Crippen LogP contribution is -2.32. The fraction of sp³-hybridized carbons (Fsp3) is 0.750. The normalized spacial score (nSPS) is 42.1. The number of nitriles is 2. The molecule has 3 nitrogen and oxygen atoms in total. The zero-order chi connectivity index (χ0) is 10.9. The maximum absolute atomic E-state index is 10.9. The first-order valence-corrected chi connectivity index (χ1v) is 5.49. The molecule has 4 unspecified atom stereocenters. The van der Waals surface area contributed by atoms with E-state index in [-0.39, 0.29) is 17.3 Å². The van der Waals surface area contributed by atoms with Crippen LogP contribution in [0, 0.1) is 45.8 Å². The molecule has 2 bridgehead atoms. The Kier molecular flexibility index (Phi) is 2.49. The molecule has 0 aromatic heterocycles. The molecule has 15 heavy (non-hydrogen) atoms. The second-order valence-electron chi connectivity index (χ2n) is 4.87. The van der Waals surface area contributed by atoms with Gasteiger partial charge in [-0.25, -0.2) is 0 Å². The van der Waals surface area contributed by atoms with Gasteiger partial charge in [0.15, 0.2) is 0 Å². The summed E-state index contributed by atoms with van der Waals surface area (Å²) in [6.07, 6.45) is 4.98. The molecule has 2 fully saturated rings. The van der Waals surface area contributed by atoms with Crippen LogP contribution >= 0.6 is 0 Å². The number of hydrogen-bond donors (Lipinski definition) is 0. The van der Waals surface area contributed by atoms with Gasteiger partial charge in [0.25, 0.3) is 0 Å². The molecule has 0 aromatic rings. The Morgan fingerprint density at radius 1 is 1.40 bits per heavy atom. The molecule has 0 aliphatic heterocycles. The minimum Gasteiger partial charge on any atom is -0.303 e. The van der Waals surface area contributed by atoms with Crippen molar-refractivity contribution in [3.8, 4) is 12.1 Å². The number of rotatable bonds is 3. The molecule has 0 radical (unpaired) electrons. The van der Waals surface area contributed by atoms with Crippen LogP contribution < -0.4 is 0 Å². The van der Waals surface area contributed by atoms with Crippen LogP contribution in [0.4, 0.5) is 0 Å². The van der Waals surface area contributed by atoms with Crippen LogP contribution in [0.2, 0.25) is 0 Å². The monoisotopic (exact) mass is 202 g/mol. The Morgan fingerprint density at radius 2 is 2.20 bits per heavy atom. The summed E-state index contributed by atoms with van der Waals surface area (Å²) in [6.45, 7) is 0. The predicted molar refractivity (Wildman–Crippen MR) is 53.3 cm³/mol. The molecule has 3 heteroatoms. The van der Waals surface area contributed by atoms with E-state index >= 15 is 0 Å². The second-order valence-corrected chi connectivity index (χ2v) is 4.87. The predicted octanol–water partition coefficient (Wildman–Crippen LogP) is 2.05. The van der Waals surface area contributed by atoms with Gasteiger partial charge in [0.05, 0.1) is 17.6 Å². The SMILES string of the molecule is N#CCCC1(C#N)CC2CC(C=O)C1C2. The number of nitrogens with zero attached hydrogens (tertiary/aromatic N) is 2. The van der Waals surface area contributed by atoms with Gasteiger partial charge in [-0.2, -0.15) is 10.5 Å². The van der Waals surface area contributed by atoms with Crippen molar-refractivity contribution < 1.29 is 4.79 Å². The van der Waals surface area contributed by atoms with E-state index in [1.807, 2.05) is 0 Å². The highest BCUT2D eigenvalue weighted by molar-refractivity contribution is 5.56. The summed E-state index contributed by atoms with van der Waals surface area (Å²) in [6, 6.07) is 4.50. The Hall–Kier alpha value is -1.35. The largest absolute Gasteiger partial charge is 0.303 e. The second kappa shape index (κ2) is 3.66. The standard InChI is InChI=1S/C12H14N2O/c13-3-1-2-12(8-14)6-9-4-10(7-15)11(12)5-9/h7,9-11H,1-2,4-6H2. The van der Waals surface area contributed by atoms with Crippen LogP contribution in [0.25, 0.3) is 0 Å². The minimum absolute atomic E-state index is 0.0714. The number of carbonyl (C=O) groups excluding carboxylic acids is 1. The summed E-state index contributed by atoms with van der Waals surface area (Å²) in [7, 11) is 0. The average molecular weight is 202 g/mol. The molecular weight excluding hydrogens is 188 g/mol. The molecule has 0 N–H and O–H groups in total. The van der Waals surface area contributed by atoms with E-state index in [4.69, 9.17) is 5.26 Å². The van der Waals surface area contributed by atoms with Crippen LogP contribution in [0.1, 0.15) is 32.1 Å². The van der Waals surface area contributed by atoms with E-state index in [2.05, 4.69) is 12.1 Å². The highest BCUT2D eigenvalue weighted by Crippen LogP contribution is 2.59. The Bertz CT molecular complexity index is 352. The molecule has 2 rings (SSSR count). The van der Waals surface area contributed by atoms with Crippen LogP contribution in [0.15, 0.2) is 0 Å². The summed E-state index contributed by atoms with van der Waals surface area (Å²) in [4.78, 5) is 10.9. The van der Waals surface area contributed by atoms with Crippen molar-refractivity contribution >= 4 is 6.29 Å². The average Bonchev–Trinajstić information content (AvgIpc) is 2.83. The van der Waals surface area contributed by atoms with Crippen LogP contribution in [-0.4, -0.2) is 6.29 Å². The maximum Gasteiger partial charge on any atom is 0.123 e. The number of hydrogen-bond acceptors (Lipinski definition) is 3. The fourth-order valence-corrected chi connectivity index (χ4v) is 3.55.